The average Bonchev–Trinajstić information content (AvgIpc) is 1.84. The molecule has 0 radical (unpaired) electrons. The van der Waals surface area contributed by atoms with Crippen molar-refractivity contribution in [3.05, 3.63) is 0 Å². The van der Waals surface area contributed by atoms with E-state index in [9.17, 15) is 4.79 Å². The van der Waals surface area contributed by atoms with Gasteiger partial charge < -0.3 is 10.1 Å². The van der Waals surface area contributed by atoms with E-state index in [0.29, 0.717) is 13.0 Å². The zero-order chi connectivity index (χ0) is 9.56. The second-order valence-corrected chi connectivity index (χ2v) is 3.39. The molecule has 0 aliphatic carbocycles. The molecule has 0 rings (SSSR count). The molecule has 0 atom stereocenters. The lowest BCUT2D eigenvalue weighted by molar-refractivity contribution is -0.122. The van der Waals surface area contributed by atoms with Crippen molar-refractivity contribution in [3.8, 4) is 0 Å². The van der Waals surface area contributed by atoms with Gasteiger partial charge in [0.15, 0.2) is 0 Å². The third-order valence-corrected chi connectivity index (χ3v) is 1.23. The molecule has 3 heteroatoms. The molecule has 0 spiro atoms. The van der Waals surface area contributed by atoms with Crippen LogP contribution in [0.4, 0.5) is 0 Å². The molecular formula is C9H19NO2. The molecule has 0 aromatic heterocycles. The minimum Gasteiger partial charge on any atom is -0.378 e. The van der Waals surface area contributed by atoms with Crippen molar-refractivity contribution >= 4 is 5.91 Å². The van der Waals surface area contributed by atoms with Crippen LogP contribution < -0.4 is 5.32 Å². The molecular weight excluding hydrogens is 154 g/mol. The highest BCUT2D eigenvalue weighted by atomic mass is 16.5. The molecule has 0 heterocycles. The summed E-state index contributed by atoms with van der Waals surface area (Å²) >= 11 is 0. The summed E-state index contributed by atoms with van der Waals surface area (Å²) in [4.78, 5) is 11.0. The molecule has 12 heavy (non-hydrogen) atoms. The van der Waals surface area contributed by atoms with E-state index in [1.807, 2.05) is 27.7 Å². The number of nitrogens with one attached hydrogen (secondary N) is 1. The predicted molar refractivity (Wildman–Crippen MR) is 49.0 cm³/mol. The third kappa shape index (κ3) is 7.54. The maximum absolute atomic E-state index is 11.0. The van der Waals surface area contributed by atoms with Crippen LogP contribution in [0.1, 0.15) is 34.1 Å². The van der Waals surface area contributed by atoms with Gasteiger partial charge in [-0.25, -0.2) is 0 Å². The van der Waals surface area contributed by atoms with Crippen molar-refractivity contribution in [2.45, 2.75) is 46.3 Å². The Morgan fingerprint density at radius 3 is 2.33 bits per heavy atom. The number of carbonyl (C=O) groups is 1. The van der Waals surface area contributed by atoms with Gasteiger partial charge in [-0.2, -0.15) is 0 Å². The van der Waals surface area contributed by atoms with Crippen molar-refractivity contribution in [1.82, 2.24) is 5.32 Å². The van der Waals surface area contributed by atoms with Crippen LogP contribution in [0.5, 0.6) is 0 Å². The first kappa shape index (κ1) is 11.4. The fourth-order valence-electron chi connectivity index (χ4n) is 0.781. The van der Waals surface area contributed by atoms with E-state index in [1.54, 1.807) is 0 Å². The molecule has 0 aliphatic heterocycles. The molecule has 0 bridgehead atoms. The lowest BCUT2D eigenvalue weighted by Crippen LogP contribution is -2.30. The molecule has 0 aromatic rings. The number of ether oxygens (including phenoxy) is 1. The fraction of sp³-hybridized carbons (Fsp3) is 0.889. The van der Waals surface area contributed by atoms with Crippen LogP contribution in [-0.4, -0.2) is 24.7 Å². The Morgan fingerprint density at radius 2 is 1.92 bits per heavy atom. The number of carbonyl (C=O) groups excluding carboxylic acids is 1. The van der Waals surface area contributed by atoms with Crippen molar-refractivity contribution in [2.75, 3.05) is 6.61 Å². The minimum atomic E-state index is 0.0608. The second-order valence-electron chi connectivity index (χ2n) is 3.39. The summed E-state index contributed by atoms with van der Waals surface area (Å²) < 4.78 is 5.23. The van der Waals surface area contributed by atoms with Crippen LogP contribution in [0.3, 0.4) is 0 Å². The summed E-state index contributed by atoms with van der Waals surface area (Å²) in [5.74, 6) is 0.0608. The quantitative estimate of drug-likeness (QED) is 0.681. The van der Waals surface area contributed by atoms with Gasteiger partial charge in [-0.3, -0.25) is 4.79 Å². The zero-order valence-corrected chi connectivity index (χ0v) is 8.39. The highest BCUT2D eigenvalue weighted by molar-refractivity contribution is 5.76. The van der Waals surface area contributed by atoms with E-state index in [-0.39, 0.29) is 18.1 Å². The normalized spacial score (nSPS) is 10.8. The van der Waals surface area contributed by atoms with Crippen LogP contribution in [-0.2, 0) is 9.53 Å². The summed E-state index contributed by atoms with van der Waals surface area (Å²) in [6.45, 7) is 8.32. The summed E-state index contributed by atoms with van der Waals surface area (Å²) in [7, 11) is 0. The van der Waals surface area contributed by atoms with Crippen LogP contribution in [0.25, 0.3) is 0 Å². The van der Waals surface area contributed by atoms with Gasteiger partial charge in [0.05, 0.1) is 12.7 Å². The van der Waals surface area contributed by atoms with E-state index < -0.39 is 0 Å². The topological polar surface area (TPSA) is 38.3 Å². The first-order valence-electron chi connectivity index (χ1n) is 4.43. The lowest BCUT2D eigenvalue weighted by atomic mass is 10.3. The third-order valence-electron chi connectivity index (χ3n) is 1.23. The van der Waals surface area contributed by atoms with Crippen molar-refractivity contribution in [1.29, 1.82) is 0 Å². The minimum absolute atomic E-state index is 0.0608. The van der Waals surface area contributed by atoms with Gasteiger partial charge in [0, 0.05) is 12.5 Å². The molecule has 1 amide bonds. The van der Waals surface area contributed by atoms with E-state index in [0.717, 1.165) is 0 Å². The fourth-order valence-corrected chi connectivity index (χ4v) is 0.781. The lowest BCUT2D eigenvalue weighted by Gasteiger charge is -2.09. The van der Waals surface area contributed by atoms with E-state index in [1.165, 1.54) is 0 Å². The average molecular weight is 173 g/mol. The summed E-state index contributed by atoms with van der Waals surface area (Å²) in [6, 6.07) is 0.219. The monoisotopic (exact) mass is 173 g/mol. The maximum Gasteiger partial charge on any atom is 0.222 e. The Balaban J connectivity index is 3.32. The highest BCUT2D eigenvalue weighted by Crippen LogP contribution is 1.90. The van der Waals surface area contributed by atoms with Crippen LogP contribution in [0.2, 0.25) is 0 Å². The van der Waals surface area contributed by atoms with Crippen molar-refractivity contribution in [3.63, 3.8) is 0 Å². The standard InChI is InChI=1S/C9H19NO2/c1-7(2)10-9(11)5-6-12-8(3)4/h7-8H,5-6H2,1-4H3,(H,10,11). The van der Waals surface area contributed by atoms with Crippen molar-refractivity contribution in [2.24, 2.45) is 0 Å². The Morgan fingerprint density at radius 1 is 1.33 bits per heavy atom. The molecule has 0 aromatic carbocycles. The summed E-state index contributed by atoms with van der Waals surface area (Å²) in [6.07, 6.45) is 0.660. The molecule has 0 saturated carbocycles. The molecule has 0 aliphatic rings. The van der Waals surface area contributed by atoms with Crippen LogP contribution in [0.15, 0.2) is 0 Å². The molecule has 0 unspecified atom stereocenters. The van der Waals surface area contributed by atoms with Gasteiger partial charge >= 0.3 is 0 Å². The van der Waals surface area contributed by atoms with Gasteiger partial charge in [0.2, 0.25) is 5.91 Å². The Hall–Kier alpha value is -0.570. The first-order valence-corrected chi connectivity index (χ1v) is 4.43. The summed E-state index contributed by atoms with van der Waals surface area (Å²) in [5, 5.41) is 2.80. The highest BCUT2D eigenvalue weighted by Gasteiger charge is 2.02. The van der Waals surface area contributed by atoms with E-state index >= 15 is 0 Å². The zero-order valence-electron chi connectivity index (χ0n) is 8.39. The SMILES string of the molecule is CC(C)NC(=O)CCOC(C)C. The number of amides is 1. The molecule has 3 nitrogen and oxygen atoms in total. The van der Waals surface area contributed by atoms with Crippen LogP contribution >= 0.6 is 0 Å². The maximum atomic E-state index is 11.0. The Bertz CT molecular complexity index is 132. The van der Waals surface area contributed by atoms with Gasteiger partial charge in [0.25, 0.3) is 0 Å². The Kier molecular flexibility index (Phi) is 5.72. The molecule has 1 N–H and O–H groups in total. The Labute approximate surface area is 74.5 Å². The largest absolute Gasteiger partial charge is 0.378 e. The molecule has 0 saturated heterocycles. The predicted octanol–water partition coefficient (Wildman–Crippen LogP) is 1.33. The molecule has 0 fully saturated rings. The molecule has 72 valence electrons. The van der Waals surface area contributed by atoms with Gasteiger partial charge in [-0.1, -0.05) is 0 Å². The summed E-state index contributed by atoms with van der Waals surface area (Å²) in [5.41, 5.74) is 0. The van der Waals surface area contributed by atoms with E-state index in [4.69, 9.17) is 4.74 Å². The van der Waals surface area contributed by atoms with Gasteiger partial charge in [0.1, 0.15) is 0 Å². The van der Waals surface area contributed by atoms with Crippen molar-refractivity contribution < 1.29 is 9.53 Å². The second kappa shape index (κ2) is 6.00. The van der Waals surface area contributed by atoms with E-state index in [2.05, 4.69) is 5.32 Å². The number of hydrogen-bond donors (Lipinski definition) is 1. The number of rotatable bonds is 5. The van der Waals surface area contributed by atoms with Crippen LogP contribution in [0, 0.1) is 0 Å². The number of hydrogen-bond acceptors (Lipinski definition) is 2. The smallest absolute Gasteiger partial charge is 0.222 e. The van der Waals surface area contributed by atoms with Gasteiger partial charge in [-0.05, 0) is 27.7 Å². The first-order chi connectivity index (χ1) is 5.52. The van der Waals surface area contributed by atoms with Gasteiger partial charge in [-0.15, -0.1) is 0 Å².